The number of anilines is 1. The van der Waals surface area contributed by atoms with Gasteiger partial charge in [0, 0.05) is 5.69 Å². The molecule has 2 rings (SSSR count). The number of hydrogen-bond acceptors (Lipinski definition) is 1. The van der Waals surface area contributed by atoms with Crippen molar-refractivity contribution >= 4 is 5.69 Å². The molecular formula is C14H21N. The fourth-order valence-electron chi connectivity index (χ4n) is 2.52. The van der Waals surface area contributed by atoms with E-state index in [1.807, 2.05) is 12.1 Å². The quantitative estimate of drug-likeness (QED) is 0.730. The van der Waals surface area contributed by atoms with Crippen LogP contribution in [0.5, 0.6) is 0 Å². The smallest absolute Gasteiger partial charge is 0.0314 e. The zero-order valence-corrected chi connectivity index (χ0v) is 9.58. The zero-order valence-electron chi connectivity index (χ0n) is 9.58. The van der Waals surface area contributed by atoms with Gasteiger partial charge in [0.25, 0.3) is 0 Å². The molecule has 0 unspecified atom stereocenters. The van der Waals surface area contributed by atoms with Crippen LogP contribution in [0.3, 0.4) is 0 Å². The highest BCUT2D eigenvalue weighted by Crippen LogP contribution is 2.30. The standard InChI is InChI=1S/C14H21N/c1-11-2-4-12(5-3-11)10-13-6-8-14(15)9-7-13/h6-9,11-12H,2-5,10,15H2,1H3. The molecule has 0 amide bonds. The number of nitrogens with two attached hydrogens (primary N) is 1. The van der Waals surface area contributed by atoms with Crippen LogP contribution in [0.25, 0.3) is 0 Å². The molecule has 0 bridgehead atoms. The molecular weight excluding hydrogens is 182 g/mol. The summed E-state index contributed by atoms with van der Waals surface area (Å²) < 4.78 is 0. The average molecular weight is 203 g/mol. The zero-order chi connectivity index (χ0) is 10.7. The molecule has 0 spiro atoms. The minimum Gasteiger partial charge on any atom is -0.399 e. The molecule has 1 aliphatic rings. The normalized spacial score (nSPS) is 26.5. The topological polar surface area (TPSA) is 26.0 Å². The summed E-state index contributed by atoms with van der Waals surface area (Å²) in [6, 6.07) is 8.38. The fraction of sp³-hybridized carbons (Fsp3) is 0.571. The second kappa shape index (κ2) is 4.69. The second-order valence-electron chi connectivity index (χ2n) is 5.07. The van der Waals surface area contributed by atoms with Crippen LogP contribution >= 0.6 is 0 Å². The number of hydrogen-bond donors (Lipinski definition) is 1. The average Bonchev–Trinajstić information content (AvgIpc) is 2.25. The molecule has 1 aliphatic carbocycles. The molecule has 1 nitrogen and oxygen atoms in total. The van der Waals surface area contributed by atoms with Crippen molar-refractivity contribution in [2.75, 3.05) is 5.73 Å². The van der Waals surface area contributed by atoms with E-state index in [1.165, 1.54) is 37.7 Å². The van der Waals surface area contributed by atoms with Gasteiger partial charge in [-0.1, -0.05) is 31.9 Å². The number of nitrogen functional groups attached to an aromatic ring is 1. The van der Waals surface area contributed by atoms with Crippen molar-refractivity contribution in [1.29, 1.82) is 0 Å². The Balaban J connectivity index is 1.89. The Morgan fingerprint density at radius 2 is 1.67 bits per heavy atom. The first kappa shape index (κ1) is 10.5. The van der Waals surface area contributed by atoms with Gasteiger partial charge in [-0.2, -0.15) is 0 Å². The summed E-state index contributed by atoms with van der Waals surface area (Å²) >= 11 is 0. The molecule has 2 N–H and O–H groups in total. The maximum atomic E-state index is 5.68. The third-order valence-electron chi connectivity index (χ3n) is 3.64. The van der Waals surface area contributed by atoms with Crippen LogP contribution in [-0.2, 0) is 6.42 Å². The Morgan fingerprint density at radius 3 is 2.27 bits per heavy atom. The highest BCUT2D eigenvalue weighted by atomic mass is 14.5. The Morgan fingerprint density at radius 1 is 1.07 bits per heavy atom. The molecule has 1 heteroatoms. The van der Waals surface area contributed by atoms with Gasteiger partial charge in [0.1, 0.15) is 0 Å². The Bertz CT molecular complexity index is 294. The van der Waals surface area contributed by atoms with Crippen molar-refractivity contribution < 1.29 is 0 Å². The first-order valence-electron chi connectivity index (χ1n) is 6.08. The fourth-order valence-corrected chi connectivity index (χ4v) is 2.52. The van der Waals surface area contributed by atoms with Gasteiger partial charge in [0.15, 0.2) is 0 Å². The summed E-state index contributed by atoms with van der Waals surface area (Å²) in [7, 11) is 0. The van der Waals surface area contributed by atoms with Crippen molar-refractivity contribution in [3.05, 3.63) is 29.8 Å². The number of rotatable bonds is 2. The van der Waals surface area contributed by atoms with Crippen molar-refractivity contribution in [2.24, 2.45) is 11.8 Å². The molecule has 0 atom stereocenters. The number of benzene rings is 1. The predicted molar refractivity (Wildman–Crippen MR) is 65.7 cm³/mol. The molecule has 0 aromatic heterocycles. The van der Waals surface area contributed by atoms with Crippen LogP contribution in [0.15, 0.2) is 24.3 Å². The van der Waals surface area contributed by atoms with Crippen LogP contribution in [-0.4, -0.2) is 0 Å². The van der Waals surface area contributed by atoms with E-state index in [9.17, 15) is 0 Å². The van der Waals surface area contributed by atoms with E-state index in [0.29, 0.717) is 0 Å². The van der Waals surface area contributed by atoms with Crippen molar-refractivity contribution in [2.45, 2.75) is 39.0 Å². The Hall–Kier alpha value is -0.980. The van der Waals surface area contributed by atoms with Crippen LogP contribution < -0.4 is 5.73 Å². The maximum absolute atomic E-state index is 5.68. The second-order valence-corrected chi connectivity index (χ2v) is 5.07. The van der Waals surface area contributed by atoms with Crippen molar-refractivity contribution in [3.8, 4) is 0 Å². The third-order valence-corrected chi connectivity index (χ3v) is 3.64. The molecule has 82 valence electrons. The molecule has 0 heterocycles. The van der Waals surface area contributed by atoms with Gasteiger partial charge in [0.05, 0.1) is 0 Å². The Labute approximate surface area is 92.7 Å². The lowest BCUT2D eigenvalue weighted by molar-refractivity contribution is 0.289. The van der Waals surface area contributed by atoms with Gasteiger partial charge in [-0.25, -0.2) is 0 Å². The van der Waals surface area contributed by atoms with Gasteiger partial charge < -0.3 is 5.73 Å². The van der Waals surface area contributed by atoms with Crippen LogP contribution in [0, 0.1) is 11.8 Å². The van der Waals surface area contributed by atoms with Crippen LogP contribution in [0.2, 0.25) is 0 Å². The highest BCUT2D eigenvalue weighted by molar-refractivity contribution is 5.39. The van der Waals surface area contributed by atoms with Crippen molar-refractivity contribution in [3.63, 3.8) is 0 Å². The van der Waals surface area contributed by atoms with Gasteiger partial charge >= 0.3 is 0 Å². The minimum absolute atomic E-state index is 0.871. The Kier molecular flexibility index (Phi) is 3.30. The van der Waals surface area contributed by atoms with E-state index >= 15 is 0 Å². The minimum atomic E-state index is 0.871. The van der Waals surface area contributed by atoms with Gasteiger partial charge in [-0.05, 0) is 48.8 Å². The summed E-state index contributed by atoms with van der Waals surface area (Å²) in [6.07, 6.45) is 6.89. The summed E-state index contributed by atoms with van der Waals surface area (Å²) in [5, 5.41) is 0. The summed E-state index contributed by atoms with van der Waals surface area (Å²) in [5.41, 5.74) is 8.00. The predicted octanol–water partition coefficient (Wildman–Crippen LogP) is 3.64. The first-order valence-corrected chi connectivity index (χ1v) is 6.08. The van der Waals surface area contributed by atoms with E-state index < -0.39 is 0 Å². The summed E-state index contributed by atoms with van der Waals surface area (Å²) in [4.78, 5) is 0. The van der Waals surface area contributed by atoms with E-state index in [4.69, 9.17) is 5.73 Å². The molecule has 1 aromatic rings. The molecule has 1 fully saturated rings. The largest absolute Gasteiger partial charge is 0.399 e. The van der Waals surface area contributed by atoms with E-state index in [0.717, 1.165) is 17.5 Å². The molecule has 1 aromatic carbocycles. The molecule has 0 saturated heterocycles. The third kappa shape index (κ3) is 2.98. The molecule has 1 saturated carbocycles. The summed E-state index contributed by atoms with van der Waals surface area (Å²) in [6.45, 7) is 2.37. The maximum Gasteiger partial charge on any atom is 0.0314 e. The lowest BCUT2D eigenvalue weighted by atomic mass is 9.80. The first-order chi connectivity index (χ1) is 7.24. The molecule has 0 radical (unpaired) electrons. The monoisotopic (exact) mass is 203 g/mol. The van der Waals surface area contributed by atoms with E-state index in [-0.39, 0.29) is 0 Å². The molecule has 15 heavy (non-hydrogen) atoms. The summed E-state index contributed by atoms with van der Waals surface area (Å²) in [5.74, 6) is 1.86. The van der Waals surface area contributed by atoms with E-state index in [2.05, 4.69) is 19.1 Å². The van der Waals surface area contributed by atoms with Crippen LogP contribution in [0.1, 0.15) is 38.2 Å². The van der Waals surface area contributed by atoms with Crippen LogP contribution in [0.4, 0.5) is 5.69 Å². The van der Waals surface area contributed by atoms with Gasteiger partial charge in [-0.3, -0.25) is 0 Å². The molecule has 0 aliphatic heterocycles. The van der Waals surface area contributed by atoms with Gasteiger partial charge in [0.2, 0.25) is 0 Å². The van der Waals surface area contributed by atoms with E-state index in [1.54, 1.807) is 0 Å². The SMILES string of the molecule is CC1CCC(Cc2ccc(N)cc2)CC1. The lowest BCUT2D eigenvalue weighted by Gasteiger charge is -2.26. The highest BCUT2D eigenvalue weighted by Gasteiger charge is 2.18. The van der Waals surface area contributed by atoms with Crippen molar-refractivity contribution in [1.82, 2.24) is 0 Å². The lowest BCUT2D eigenvalue weighted by Crippen LogP contribution is -2.14. The van der Waals surface area contributed by atoms with Gasteiger partial charge in [-0.15, -0.1) is 0 Å².